The topological polar surface area (TPSA) is 0 Å². The minimum Gasteiger partial charge on any atom is -0.166 e. The monoisotopic (exact) mass is 464 g/mol. The Morgan fingerprint density at radius 2 is 0.560 bits per heavy atom. The summed E-state index contributed by atoms with van der Waals surface area (Å²) in [6, 6.07) is 0. The zero-order valence-electron chi connectivity index (χ0n) is 10.7. The maximum absolute atomic E-state index is 12.8. The molecule has 0 amide bonds. The molecule has 2 aliphatic rings. The van der Waals surface area contributed by atoms with Crippen LogP contribution >= 0.6 is 47.0 Å². The van der Waals surface area contributed by atoms with Gasteiger partial charge < -0.3 is 0 Å². The van der Waals surface area contributed by atoms with Gasteiger partial charge in [-0.1, -0.05) is 47.0 Å². The summed E-state index contributed by atoms with van der Waals surface area (Å²) in [4.78, 5) is -9.07. The Hall–Kier alpha value is 0.0400. The van der Waals surface area contributed by atoms with Crippen molar-refractivity contribution in [3.8, 4) is 0 Å². The molecule has 0 aromatic heterocycles. The zero-order chi connectivity index (χ0) is 19.6. The van der Waals surface area contributed by atoms with Gasteiger partial charge in [0.25, 0.3) is 0 Å². The lowest BCUT2D eigenvalue weighted by molar-refractivity contribution is -0.103. The lowest BCUT2D eigenvalue weighted by Crippen LogP contribution is -2.16. The summed E-state index contributed by atoms with van der Waals surface area (Å²) >= 11 is -2.86. The largest absolute Gasteiger partial charge is 0.423 e. The standard InChI is InChI=1S/C9F12S4/c10-5(11,12)1-2(6(13,14)15)23-9(22-1)24-3(7(16,17)18)4(25-9)8(19,20)21. The van der Waals surface area contributed by atoms with Crippen LogP contribution in [0.2, 0.25) is 0 Å². The molecule has 0 saturated carbocycles. The Kier molecular flexibility index (Phi) is 5.14. The minimum atomic E-state index is -5.58. The van der Waals surface area contributed by atoms with E-state index in [1.54, 1.807) is 0 Å². The second-order valence-corrected chi connectivity index (χ2v) is 10.7. The average molecular weight is 464 g/mol. The first kappa shape index (κ1) is 21.3. The molecule has 0 nitrogen and oxygen atoms in total. The van der Waals surface area contributed by atoms with Crippen molar-refractivity contribution in [3.05, 3.63) is 19.6 Å². The third-order valence-electron chi connectivity index (χ3n) is 2.35. The van der Waals surface area contributed by atoms with Gasteiger partial charge >= 0.3 is 24.7 Å². The van der Waals surface area contributed by atoms with Crippen molar-refractivity contribution in [2.45, 2.75) is 27.4 Å². The van der Waals surface area contributed by atoms with E-state index in [0.717, 1.165) is 0 Å². The molecule has 0 bridgehead atoms. The smallest absolute Gasteiger partial charge is 0.166 e. The predicted molar refractivity (Wildman–Crippen MR) is 71.4 cm³/mol. The molecule has 2 rings (SSSR count). The average Bonchev–Trinajstić information content (AvgIpc) is 2.89. The normalized spacial score (nSPS) is 22.6. The van der Waals surface area contributed by atoms with Crippen LogP contribution in [0.1, 0.15) is 0 Å². The van der Waals surface area contributed by atoms with E-state index in [2.05, 4.69) is 0 Å². The van der Waals surface area contributed by atoms with Gasteiger partial charge in [0.1, 0.15) is 19.6 Å². The molecule has 0 aliphatic carbocycles. The van der Waals surface area contributed by atoms with Crippen LogP contribution in [0, 0.1) is 0 Å². The molecule has 144 valence electrons. The number of allylic oxidation sites excluding steroid dienone is 4. The second-order valence-electron chi connectivity index (χ2n) is 4.22. The van der Waals surface area contributed by atoms with Crippen molar-refractivity contribution in [2.75, 3.05) is 0 Å². The van der Waals surface area contributed by atoms with Crippen LogP contribution < -0.4 is 0 Å². The fourth-order valence-electron chi connectivity index (χ4n) is 1.56. The zero-order valence-corrected chi connectivity index (χ0v) is 13.9. The van der Waals surface area contributed by atoms with E-state index in [-0.39, 0.29) is 0 Å². The Bertz CT molecular complexity index is 519. The van der Waals surface area contributed by atoms with Gasteiger partial charge in [-0.05, 0) is 0 Å². The van der Waals surface area contributed by atoms with Gasteiger partial charge in [-0.15, -0.1) is 0 Å². The first-order valence-electron chi connectivity index (χ1n) is 5.40. The van der Waals surface area contributed by atoms with Crippen molar-refractivity contribution < 1.29 is 52.7 Å². The Morgan fingerprint density at radius 3 is 0.680 bits per heavy atom. The van der Waals surface area contributed by atoms with Crippen LogP contribution in [-0.4, -0.2) is 27.4 Å². The van der Waals surface area contributed by atoms with Crippen LogP contribution in [0.4, 0.5) is 52.7 Å². The van der Waals surface area contributed by atoms with Gasteiger partial charge in [-0.2, -0.15) is 52.7 Å². The Labute approximate surface area is 147 Å². The lowest BCUT2D eigenvalue weighted by Gasteiger charge is -2.21. The Morgan fingerprint density at radius 1 is 0.400 bits per heavy atom. The molecule has 0 saturated heterocycles. The SMILES string of the molecule is FC(F)(F)C1=C(C(F)(F)F)SC2(S1)SC(C(F)(F)F)=C(C(F)(F)F)S2. The van der Waals surface area contributed by atoms with Crippen molar-refractivity contribution >= 4 is 47.0 Å². The second kappa shape index (κ2) is 6.02. The van der Waals surface area contributed by atoms with Crippen molar-refractivity contribution in [3.63, 3.8) is 0 Å². The van der Waals surface area contributed by atoms with E-state index in [0.29, 0.717) is 0 Å². The highest BCUT2D eigenvalue weighted by Crippen LogP contribution is 2.78. The molecule has 1 spiro atoms. The van der Waals surface area contributed by atoms with Crippen molar-refractivity contribution in [1.29, 1.82) is 0 Å². The van der Waals surface area contributed by atoms with E-state index in [9.17, 15) is 52.7 Å². The Balaban J connectivity index is 2.46. The molecule has 0 aromatic carbocycles. The van der Waals surface area contributed by atoms with Gasteiger partial charge in [0.05, 0.1) is 0 Å². The van der Waals surface area contributed by atoms with Gasteiger partial charge in [0.2, 0.25) is 0 Å². The number of rotatable bonds is 0. The third kappa shape index (κ3) is 4.31. The number of alkyl halides is 12. The number of hydrogen-bond acceptors (Lipinski definition) is 4. The number of thioether (sulfide) groups is 4. The molecule has 0 aromatic rings. The summed E-state index contributed by atoms with van der Waals surface area (Å²) in [6.45, 7) is 0. The molecule has 0 atom stereocenters. The van der Waals surface area contributed by atoms with Crippen LogP contribution in [0.15, 0.2) is 19.6 Å². The van der Waals surface area contributed by atoms with Crippen molar-refractivity contribution in [2.24, 2.45) is 0 Å². The summed E-state index contributed by atoms with van der Waals surface area (Å²) in [6.07, 6.45) is -22.3. The molecule has 16 heteroatoms. The predicted octanol–water partition coefficient (Wildman–Crippen LogP) is 7.23. The molecule has 2 aliphatic heterocycles. The molecule has 25 heavy (non-hydrogen) atoms. The van der Waals surface area contributed by atoms with E-state index < -0.39 is 94.1 Å². The highest BCUT2D eigenvalue weighted by molar-refractivity contribution is 8.53. The summed E-state index contributed by atoms with van der Waals surface area (Å²) in [5, 5.41) is 0. The maximum Gasteiger partial charge on any atom is 0.423 e. The van der Waals surface area contributed by atoms with Crippen LogP contribution in [0.25, 0.3) is 0 Å². The molecular formula is C9F12S4. The van der Waals surface area contributed by atoms with Gasteiger partial charge in [0.15, 0.2) is 2.74 Å². The fraction of sp³-hybridized carbons (Fsp3) is 0.556. The van der Waals surface area contributed by atoms with E-state index >= 15 is 0 Å². The van der Waals surface area contributed by atoms with Crippen LogP contribution in [0.5, 0.6) is 0 Å². The summed E-state index contributed by atoms with van der Waals surface area (Å²) < 4.78 is 150. The lowest BCUT2D eigenvalue weighted by atomic mass is 10.4. The van der Waals surface area contributed by atoms with Gasteiger partial charge in [-0.3, -0.25) is 0 Å². The molecule has 2 heterocycles. The molecule has 0 unspecified atom stereocenters. The van der Waals surface area contributed by atoms with Gasteiger partial charge in [-0.25, -0.2) is 0 Å². The number of hydrogen-bond donors (Lipinski definition) is 0. The fourth-order valence-corrected chi connectivity index (χ4v) is 8.35. The number of halogens is 12. The summed E-state index contributed by atoms with van der Waals surface area (Å²) in [7, 11) is 0. The molecule has 0 fully saturated rings. The van der Waals surface area contributed by atoms with Crippen molar-refractivity contribution in [1.82, 2.24) is 0 Å². The first-order valence-corrected chi connectivity index (χ1v) is 8.67. The highest BCUT2D eigenvalue weighted by Gasteiger charge is 2.64. The first-order chi connectivity index (χ1) is 10.9. The minimum absolute atomic E-state index is 0.716. The van der Waals surface area contributed by atoms with Crippen LogP contribution in [0.3, 0.4) is 0 Å². The summed E-state index contributed by atoms with van der Waals surface area (Å²) in [5.41, 5.74) is 0. The van der Waals surface area contributed by atoms with E-state index in [4.69, 9.17) is 0 Å². The third-order valence-corrected chi connectivity index (χ3v) is 9.17. The van der Waals surface area contributed by atoms with E-state index in [1.165, 1.54) is 0 Å². The van der Waals surface area contributed by atoms with Crippen LogP contribution in [-0.2, 0) is 0 Å². The highest BCUT2D eigenvalue weighted by atomic mass is 32.3. The summed E-state index contributed by atoms with van der Waals surface area (Å²) in [5.74, 6) is 0. The molecule has 0 radical (unpaired) electrons. The van der Waals surface area contributed by atoms with Gasteiger partial charge in [0, 0.05) is 0 Å². The van der Waals surface area contributed by atoms with E-state index in [1.807, 2.05) is 0 Å². The molecular weight excluding hydrogens is 464 g/mol. The quantitative estimate of drug-likeness (QED) is 0.347. The maximum atomic E-state index is 12.8. The molecule has 0 N–H and O–H groups in total.